The predicted octanol–water partition coefficient (Wildman–Crippen LogP) is 2.44. The zero-order valence-corrected chi connectivity index (χ0v) is 12.4. The summed E-state index contributed by atoms with van der Waals surface area (Å²) in [5.74, 6) is 0.948. The first-order valence-electron chi connectivity index (χ1n) is 7.92. The maximum Gasteiger partial charge on any atom is 0.228 e. The maximum atomic E-state index is 12.2. The van der Waals surface area contributed by atoms with Crippen LogP contribution in [0.1, 0.15) is 32.1 Å². The number of amides is 1. The predicted molar refractivity (Wildman–Crippen MR) is 82.5 cm³/mol. The van der Waals surface area contributed by atoms with Gasteiger partial charge in [-0.05, 0) is 25.0 Å². The van der Waals surface area contributed by atoms with Gasteiger partial charge in [-0.2, -0.15) is 0 Å². The average molecular weight is 289 g/mol. The van der Waals surface area contributed by atoms with Crippen molar-refractivity contribution in [1.82, 2.24) is 4.98 Å². The minimum atomic E-state index is 0.126. The molecule has 1 amide bonds. The summed E-state index contributed by atoms with van der Waals surface area (Å²) in [7, 11) is 0. The van der Waals surface area contributed by atoms with Crippen LogP contribution in [0.25, 0.3) is 0 Å². The van der Waals surface area contributed by atoms with Gasteiger partial charge in [0.05, 0.1) is 25.1 Å². The summed E-state index contributed by atoms with van der Waals surface area (Å²) in [5, 5.41) is 2.95. The van der Waals surface area contributed by atoms with Crippen molar-refractivity contribution in [2.24, 2.45) is 5.92 Å². The molecule has 1 aromatic heterocycles. The molecule has 2 aliphatic rings. The van der Waals surface area contributed by atoms with Crippen LogP contribution in [0.4, 0.5) is 11.5 Å². The van der Waals surface area contributed by atoms with E-state index in [1.54, 1.807) is 0 Å². The number of carbonyl (C=O) groups is 1. The van der Waals surface area contributed by atoms with Gasteiger partial charge >= 0.3 is 0 Å². The van der Waals surface area contributed by atoms with Crippen LogP contribution in [0.5, 0.6) is 0 Å². The van der Waals surface area contributed by atoms with E-state index in [9.17, 15) is 4.79 Å². The van der Waals surface area contributed by atoms with Crippen molar-refractivity contribution in [2.75, 3.05) is 36.5 Å². The van der Waals surface area contributed by atoms with Crippen molar-refractivity contribution < 1.29 is 9.53 Å². The Morgan fingerprint density at radius 2 is 1.95 bits per heavy atom. The highest BCUT2D eigenvalue weighted by Crippen LogP contribution is 2.25. The van der Waals surface area contributed by atoms with E-state index < -0.39 is 0 Å². The van der Waals surface area contributed by atoms with Crippen LogP contribution in [-0.2, 0) is 9.53 Å². The van der Waals surface area contributed by atoms with Crippen molar-refractivity contribution in [1.29, 1.82) is 0 Å². The van der Waals surface area contributed by atoms with E-state index in [1.807, 2.05) is 18.3 Å². The second kappa shape index (κ2) is 6.89. The van der Waals surface area contributed by atoms with Gasteiger partial charge in [0.1, 0.15) is 5.82 Å². The van der Waals surface area contributed by atoms with Gasteiger partial charge in [-0.3, -0.25) is 4.79 Å². The molecule has 2 fully saturated rings. The van der Waals surface area contributed by atoms with Gasteiger partial charge in [-0.1, -0.05) is 19.3 Å². The number of ether oxygens (including phenoxy) is 1. The normalized spacial score (nSPS) is 20.3. The molecule has 0 spiro atoms. The van der Waals surface area contributed by atoms with Crippen LogP contribution < -0.4 is 10.2 Å². The van der Waals surface area contributed by atoms with E-state index in [1.165, 1.54) is 19.3 Å². The van der Waals surface area contributed by atoms with Gasteiger partial charge in [0.2, 0.25) is 5.91 Å². The number of hydrogen-bond acceptors (Lipinski definition) is 4. The number of nitrogens with one attached hydrogen (secondary N) is 1. The zero-order valence-electron chi connectivity index (χ0n) is 12.4. The molecule has 1 aliphatic heterocycles. The summed E-state index contributed by atoms with van der Waals surface area (Å²) in [6.45, 7) is 3.32. The van der Waals surface area contributed by atoms with E-state index in [0.29, 0.717) is 5.82 Å². The molecule has 1 saturated carbocycles. The first-order valence-corrected chi connectivity index (χ1v) is 7.92. The molecule has 1 aliphatic carbocycles. The number of hydrogen-bond donors (Lipinski definition) is 1. The van der Waals surface area contributed by atoms with E-state index >= 15 is 0 Å². The molecule has 21 heavy (non-hydrogen) atoms. The van der Waals surface area contributed by atoms with E-state index in [-0.39, 0.29) is 11.8 Å². The lowest BCUT2D eigenvalue weighted by molar-refractivity contribution is -0.120. The molecule has 1 N–H and O–H groups in total. The Morgan fingerprint density at radius 1 is 1.19 bits per heavy atom. The van der Waals surface area contributed by atoms with E-state index in [0.717, 1.165) is 44.8 Å². The van der Waals surface area contributed by atoms with Crippen LogP contribution >= 0.6 is 0 Å². The third-order valence-corrected chi connectivity index (χ3v) is 4.35. The molecule has 1 saturated heterocycles. The average Bonchev–Trinajstić information content (AvgIpc) is 2.57. The van der Waals surface area contributed by atoms with Crippen molar-refractivity contribution >= 4 is 17.4 Å². The maximum absolute atomic E-state index is 12.2. The number of morpholine rings is 1. The number of carbonyl (C=O) groups excluding carboxylic acids is 1. The summed E-state index contributed by atoms with van der Waals surface area (Å²) in [5.41, 5.74) is 1.09. The molecule has 0 unspecified atom stereocenters. The standard InChI is InChI=1S/C16H23N3O2/c20-16(13-4-2-1-3-5-13)18-15-7-6-14(12-17-15)19-8-10-21-11-9-19/h6-7,12-13H,1-5,8-11H2,(H,17,18,20). The van der Waals surface area contributed by atoms with E-state index in [2.05, 4.69) is 15.2 Å². The van der Waals surface area contributed by atoms with Crippen LogP contribution in [-0.4, -0.2) is 37.2 Å². The summed E-state index contributed by atoms with van der Waals surface area (Å²) in [4.78, 5) is 18.8. The fourth-order valence-corrected chi connectivity index (χ4v) is 3.06. The quantitative estimate of drug-likeness (QED) is 0.928. The van der Waals surface area contributed by atoms with E-state index in [4.69, 9.17) is 4.74 Å². The third kappa shape index (κ3) is 3.73. The molecular formula is C16H23N3O2. The molecule has 0 radical (unpaired) electrons. The summed E-state index contributed by atoms with van der Waals surface area (Å²) in [6, 6.07) is 3.92. The topological polar surface area (TPSA) is 54.5 Å². The van der Waals surface area contributed by atoms with Crippen LogP contribution in [0, 0.1) is 5.92 Å². The second-order valence-corrected chi connectivity index (χ2v) is 5.83. The van der Waals surface area contributed by atoms with Crippen molar-refractivity contribution in [2.45, 2.75) is 32.1 Å². The Hall–Kier alpha value is -1.62. The highest BCUT2D eigenvalue weighted by atomic mass is 16.5. The van der Waals surface area contributed by atoms with Crippen LogP contribution in [0.2, 0.25) is 0 Å². The minimum Gasteiger partial charge on any atom is -0.378 e. The molecule has 114 valence electrons. The number of rotatable bonds is 3. The largest absolute Gasteiger partial charge is 0.378 e. The first kappa shape index (κ1) is 14.3. The zero-order chi connectivity index (χ0) is 14.5. The van der Waals surface area contributed by atoms with Crippen molar-refractivity contribution in [3.05, 3.63) is 18.3 Å². The van der Waals surface area contributed by atoms with Crippen molar-refractivity contribution in [3.8, 4) is 0 Å². The Morgan fingerprint density at radius 3 is 2.62 bits per heavy atom. The molecule has 3 rings (SSSR count). The summed E-state index contributed by atoms with van der Waals surface area (Å²) >= 11 is 0. The number of anilines is 2. The Bertz CT molecular complexity index is 463. The Kier molecular flexibility index (Phi) is 4.70. The lowest BCUT2D eigenvalue weighted by Gasteiger charge is -2.28. The van der Waals surface area contributed by atoms with Gasteiger partial charge < -0.3 is 15.0 Å². The van der Waals surface area contributed by atoms with Crippen LogP contribution in [0.3, 0.4) is 0 Å². The molecule has 0 bridgehead atoms. The highest BCUT2D eigenvalue weighted by molar-refractivity contribution is 5.91. The summed E-state index contributed by atoms with van der Waals surface area (Å²) < 4.78 is 5.35. The molecule has 0 aromatic carbocycles. The van der Waals surface area contributed by atoms with Crippen LogP contribution in [0.15, 0.2) is 18.3 Å². The Labute approximate surface area is 125 Å². The molecule has 5 nitrogen and oxygen atoms in total. The lowest BCUT2D eigenvalue weighted by Crippen LogP contribution is -2.36. The molecular weight excluding hydrogens is 266 g/mol. The monoisotopic (exact) mass is 289 g/mol. The summed E-state index contributed by atoms with van der Waals surface area (Å²) in [6.07, 6.45) is 7.45. The molecule has 0 atom stereocenters. The lowest BCUT2D eigenvalue weighted by atomic mass is 9.89. The Balaban J connectivity index is 1.57. The minimum absolute atomic E-state index is 0.126. The smallest absolute Gasteiger partial charge is 0.228 e. The second-order valence-electron chi connectivity index (χ2n) is 5.83. The van der Waals surface area contributed by atoms with Gasteiger partial charge in [0.15, 0.2) is 0 Å². The highest BCUT2D eigenvalue weighted by Gasteiger charge is 2.21. The van der Waals surface area contributed by atoms with Gasteiger partial charge in [-0.15, -0.1) is 0 Å². The van der Waals surface area contributed by atoms with Gasteiger partial charge in [0.25, 0.3) is 0 Å². The number of pyridine rings is 1. The van der Waals surface area contributed by atoms with Crippen molar-refractivity contribution in [3.63, 3.8) is 0 Å². The molecule has 2 heterocycles. The third-order valence-electron chi connectivity index (χ3n) is 4.35. The molecule has 5 heteroatoms. The SMILES string of the molecule is O=C(Nc1ccc(N2CCOCC2)cn1)C1CCCCC1. The fourth-order valence-electron chi connectivity index (χ4n) is 3.06. The number of nitrogens with zero attached hydrogens (tertiary/aromatic N) is 2. The van der Waals surface area contributed by atoms with Gasteiger partial charge in [-0.25, -0.2) is 4.98 Å². The fraction of sp³-hybridized carbons (Fsp3) is 0.625. The molecule has 1 aromatic rings. The first-order chi connectivity index (χ1) is 10.3. The van der Waals surface area contributed by atoms with Gasteiger partial charge in [0, 0.05) is 19.0 Å². The number of aromatic nitrogens is 1.